The first-order chi connectivity index (χ1) is 11.5. The molecule has 0 spiro atoms. The summed E-state index contributed by atoms with van der Waals surface area (Å²) in [7, 11) is 1.56. The van der Waals surface area contributed by atoms with Gasteiger partial charge in [0, 0.05) is 17.7 Å². The van der Waals surface area contributed by atoms with E-state index >= 15 is 0 Å². The van der Waals surface area contributed by atoms with Crippen LogP contribution in [0.25, 0.3) is 0 Å². The second kappa shape index (κ2) is 7.73. The SMILES string of the molecule is COc1ccc(CC(=O)NN=Cc2cc([N+](=O)[O-])ccc2O)cc1. The summed E-state index contributed by atoms with van der Waals surface area (Å²) >= 11 is 0. The molecule has 0 heterocycles. The van der Waals surface area contributed by atoms with E-state index in [0.29, 0.717) is 5.75 Å². The van der Waals surface area contributed by atoms with Crippen LogP contribution in [0.1, 0.15) is 11.1 Å². The molecule has 24 heavy (non-hydrogen) atoms. The van der Waals surface area contributed by atoms with Gasteiger partial charge < -0.3 is 9.84 Å². The zero-order chi connectivity index (χ0) is 17.5. The monoisotopic (exact) mass is 329 g/mol. The van der Waals surface area contributed by atoms with Gasteiger partial charge in [-0.2, -0.15) is 5.10 Å². The van der Waals surface area contributed by atoms with E-state index in [9.17, 15) is 20.0 Å². The summed E-state index contributed by atoms with van der Waals surface area (Å²) in [5, 5.41) is 24.0. The molecule has 0 fully saturated rings. The lowest BCUT2D eigenvalue weighted by molar-refractivity contribution is -0.384. The molecule has 0 saturated carbocycles. The Bertz CT molecular complexity index is 772. The van der Waals surface area contributed by atoms with Gasteiger partial charge in [-0.25, -0.2) is 5.43 Å². The van der Waals surface area contributed by atoms with Gasteiger partial charge in [0.2, 0.25) is 5.91 Å². The van der Waals surface area contributed by atoms with E-state index < -0.39 is 4.92 Å². The van der Waals surface area contributed by atoms with Crippen LogP contribution in [-0.2, 0) is 11.2 Å². The Labute approximate surface area is 137 Å². The minimum atomic E-state index is -0.584. The van der Waals surface area contributed by atoms with E-state index in [0.717, 1.165) is 17.8 Å². The minimum Gasteiger partial charge on any atom is -0.507 e. The highest BCUT2D eigenvalue weighted by atomic mass is 16.6. The molecule has 2 N–H and O–H groups in total. The second-order valence-electron chi connectivity index (χ2n) is 4.82. The van der Waals surface area contributed by atoms with E-state index in [1.54, 1.807) is 31.4 Å². The molecule has 0 saturated heterocycles. The summed E-state index contributed by atoms with van der Waals surface area (Å²) in [5.74, 6) is 0.161. The van der Waals surface area contributed by atoms with Crippen LogP contribution in [0, 0.1) is 10.1 Å². The van der Waals surface area contributed by atoms with Gasteiger partial charge in [-0.15, -0.1) is 0 Å². The Hall–Kier alpha value is -3.42. The zero-order valence-electron chi connectivity index (χ0n) is 12.8. The molecule has 0 atom stereocenters. The third-order valence-corrected chi connectivity index (χ3v) is 3.14. The molecule has 0 aliphatic heterocycles. The lowest BCUT2D eigenvalue weighted by Gasteiger charge is -2.03. The number of nitrogens with zero attached hydrogens (tertiary/aromatic N) is 2. The van der Waals surface area contributed by atoms with E-state index in [2.05, 4.69) is 10.5 Å². The molecule has 0 aliphatic carbocycles. The van der Waals surface area contributed by atoms with E-state index in [1.165, 1.54) is 12.1 Å². The summed E-state index contributed by atoms with van der Waals surface area (Å²) in [6, 6.07) is 10.5. The quantitative estimate of drug-likeness (QED) is 0.478. The van der Waals surface area contributed by atoms with E-state index in [4.69, 9.17) is 4.74 Å². The van der Waals surface area contributed by atoms with Gasteiger partial charge in [0.1, 0.15) is 11.5 Å². The van der Waals surface area contributed by atoms with Gasteiger partial charge in [0.05, 0.1) is 24.7 Å². The highest BCUT2D eigenvalue weighted by Gasteiger charge is 2.09. The number of benzene rings is 2. The van der Waals surface area contributed by atoms with Crippen LogP contribution in [0.3, 0.4) is 0 Å². The number of carbonyl (C=O) groups is 1. The van der Waals surface area contributed by atoms with Crippen molar-refractivity contribution in [3.05, 3.63) is 63.7 Å². The maximum atomic E-state index is 11.8. The van der Waals surface area contributed by atoms with Crippen LogP contribution in [0.4, 0.5) is 5.69 Å². The van der Waals surface area contributed by atoms with Crippen LogP contribution >= 0.6 is 0 Å². The van der Waals surface area contributed by atoms with Crippen molar-refractivity contribution in [3.8, 4) is 11.5 Å². The fraction of sp³-hybridized carbons (Fsp3) is 0.125. The number of non-ortho nitro benzene ring substituents is 1. The number of nitro groups is 1. The third-order valence-electron chi connectivity index (χ3n) is 3.14. The molecule has 124 valence electrons. The van der Waals surface area contributed by atoms with Gasteiger partial charge in [-0.1, -0.05) is 12.1 Å². The number of hydrazone groups is 1. The number of phenolic OH excluding ortho intramolecular Hbond substituents is 1. The molecule has 2 aromatic carbocycles. The Morgan fingerprint density at radius 1 is 1.33 bits per heavy atom. The first kappa shape index (κ1) is 16.9. The smallest absolute Gasteiger partial charge is 0.270 e. The van der Waals surface area contributed by atoms with Gasteiger partial charge >= 0.3 is 0 Å². The Morgan fingerprint density at radius 3 is 2.67 bits per heavy atom. The van der Waals surface area contributed by atoms with Gasteiger partial charge in [-0.05, 0) is 23.8 Å². The lowest BCUT2D eigenvalue weighted by atomic mass is 10.1. The zero-order valence-corrected chi connectivity index (χ0v) is 12.8. The summed E-state index contributed by atoms with van der Waals surface area (Å²) in [6.07, 6.45) is 1.26. The number of ether oxygens (including phenoxy) is 1. The molecule has 8 heteroatoms. The molecule has 1 amide bonds. The van der Waals surface area contributed by atoms with Crippen LogP contribution in [0.15, 0.2) is 47.6 Å². The molecule has 0 radical (unpaired) electrons. The first-order valence-corrected chi connectivity index (χ1v) is 6.92. The predicted molar refractivity (Wildman–Crippen MR) is 87.2 cm³/mol. The number of carbonyl (C=O) groups excluding carboxylic acids is 1. The van der Waals surface area contributed by atoms with Crippen LogP contribution in [0.5, 0.6) is 11.5 Å². The van der Waals surface area contributed by atoms with Crippen LogP contribution < -0.4 is 10.2 Å². The number of nitrogens with one attached hydrogen (secondary N) is 1. The molecular formula is C16H15N3O5. The first-order valence-electron chi connectivity index (χ1n) is 6.92. The molecule has 8 nitrogen and oxygen atoms in total. The Balaban J connectivity index is 1.96. The number of methoxy groups -OCH3 is 1. The minimum absolute atomic E-state index is 0.113. The predicted octanol–water partition coefficient (Wildman–Crippen LogP) is 2.00. The van der Waals surface area contributed by atoms with Crippen molar-refractivity contribution in [1.29, 1.82) is 0 Å². The molecule has 2 rings (SSSR count). The molecular weight excluding hydrogens is 314 g/mol. The van der Waals surface area contributed by atoms with E-state index in [-0.39, 0.29) is 29.3 Å². The van der Waals surface area contributed by atoms with Crippen molar-refractivity contribution >= 4 is 17.8 Å². The van der Waals surface area contributed by atoms with Crippen molar-refractivity contribution in [3.63, 3.8) is 0 Å². The number of rotatable bonds is 6. The standard InChI is InChI=1S/C16H15N3O5/c1-24-14-5-2-11(3-6-14)8-16(21)18-17-10-12-9-13(19(22)23)4-7-15(12)20/h2-7,9-10,20H,8H2,1H3,(H,18,21). The normalized spacial score (nSPS) is 10.5. The molecule has 0 aromatic heterocycles. The molecule has 0 unspecified atom stereocenters. The second-order valence-corrected chi connectivity index (χ2v) is 4.82. The number of nitro benzene ring substituents is 1. The third kappa shape index (κ3) is 4.54. The fourth-order valence-electron chi connectivity index (χ4n) is 1.90. The van der Waals surface area contributed by atoms with Crippen LogP contribution in [-0.4, -0.2) is 29.3 Å². The molecule has 0 bridgehead atoms. The summed E-state index contributed by atoms with van der Waals surface area (Å²) in [4.78, 5) is 21.9. The maximum absolute atomic E-state index is 11.8. The number of aromatic hydroxyl groups is 1. The molecule has 2 aromatic rings. The Morgan fingerprint density at radius 2 is 2.04 bits per heavy atom. The maximum Gasteiger partial charge on any atom is 0.270 e. The molecule has 0 aliphatic rings. The highest BCUT2D eigenvalue weighted by molar-refractivity contribution is 5.86. The van der Waals surface area contributed by atoms with Gasteiger partial charge in [0.25, 0.3) is 5.69 Å². The lowest BCUT2D eigenvalue weighted by Crippen LogP contribution is -2.19. The average molecular weight is 329 g/mol. The van der Waals surface area contributed by atoms with Gasteiger partial charge in [-0.3, -0.25) is 14.9 Å². The fourth-order valence-corrected chi connectivity index (χ4v) is 1.90. The number of hydrogen-bond donors (Lipinski definition) is 2. The summed E-state index contributed by atoms with van der Waals surface area (Å²) in [5.41, 5.74) is 3.03. The van der Waals surface area contributed by atoms with Crippen LogP contribution in [0.2, 0.25) is 0 Å². The van der Waals surface area contributed by atoms with Crippen molar-refractivity contribution in [2.75, 3.05) is 7.11 Å². The highest BCUT2D eigenvalue weighted by Crippen LogP contribution is 2.21. The topological polar surface area (TPSA) is 114 Å². The van der Waals surface area contributed by atoms with E-state index in [1.807, 2.05) is 0 Å². The average Bonchev–Trinajstić information content (AvgIpc) is 2.57. The van der Waals surface area contributed by atoms with Crippen molar-refractivity contribution < 1.29 is 19.6 Å². The Kier molecular flexibility index (Phi) is 5.45. The largest absolute Gasteiger partial charge is 0.507 e. The van der Waals surface area contributed by atoms with Crippen molar-refractivity contribution in [2.45, 2.75) is 6.42 Å². The number of phenols is 1. The van der Waals surface area contributed by atoms with Crippen molar-refractivity contribution in [2.24, 2.45) is 5.10 Å². The summed E-state index contributed by atoms with van der Waals surface area (Å²) in [6.45, 7) is 0. The number of amides is 1. The van der Waals surface area contributed by atoms with Crippen molar-refractivity contribution in [1.82, 2.24) is 5.43 Å². The summed E-state index contributed by atoms with van der Waals surface area (Å²) < 4.78 is 5.03. The number of hydrogen-bond acceptors (Lipinski definition) is 6. The van der Waals surface area contributed by atoms with Gasteiger partial charge in [0.15, 0.2) is 0 Å².